The smallest absolute Gasteiger partial charge is 0.230 e. The van der Waals surface area contributed by atoms with Gasteiger partial charge in [0.15, 0.2) is 0 Å². The van der Waals surface area contributed by atoms with Gasteiger partial charge in [-0.15, -0.1) is 0 Å². The number of likely N-dealkylation sites (tertiary alicyclic amines) is 2. The molecule has 7 nitrogen and oxygen atoms in total. The van der Waals surface area contributed by atoms with Crippen molar-refractivity contribution in [2.24, 2.45) is 4.99 Å². The van der Waals surface area contributed by atoms with E-state index in [1.807, 2.05) is 60.4 Å². The number of amides is 1. The molecular weight excluding hydrogens is 941 g/mol. The molecule has 0 saturated carbocycles. The number of carbonyl (C=O) groups is 1. The normalized spacial score (nSPS) is 15.6. The number of nitrogens with one attached hydrogen (secondary N) is 1. The molecular formula is C67H96N4O3S. The van der Waals surface area contributed by atoms with Crippen LogP contribution in [0.25, 0.3) is 0 Å². The SMILES string of the molecule is C=C(Nc1ccc(CC)cc1C)[C@@H]1CCCN1C(=S)[C@H](C)c1ccccc1.CCCOCCC.CCCOCCC.CCc1ccc(C)c(N=C(C)C2CCCN2C(=O)C(C)c2ccccc2)c1.Cc1ccccc1. The van der Waals surface area contributed by atoms with E-state index in [0.717, 1.165) is 137 Å². The van der Waals surface area contributed by atoms with Crippen molar-refractivity contribution in [3.63, 3.8) is 0 Å². The number of aliphatic imine (C=N–C) groups is 1. The van der Waals surface area contributed by atoms with Crippen molar-refractivity contribution in [2.45, 2.75) is 171 Å². The van der Waals surface area contributed by atoms with Crippen molar-refractivity contribution in [2.75, 3.05) is 44.8 Å². The van der Waals surface area contributed by atoms with Crippen LogP contribution in [0.5, 0.6) is 0 Å². The van der Waals surface area contributed by atoms with Crippen molar-refractivity contribution >= 4 is 40.2 Å². The second-order valence-electron chi connectivity index (χ2n) is 19.9. The van der Waals surface area contributed by atoms with E-state index in [1.165, 1.54) is 33.4 Å². The summed E-state index contributed by atoms with van der Waals surface area (Å²) in [6, 6.07) is 44.3. The van der Waals surface area contributed by atoms with E-state index in [2.05, 4.69) is 172 Å². The molecule has 2 aliphatic heterocycles. The molecule has 0 spiro atoms. The predicted molar refractivity (Wildman–Crippen MR) is 327 cm³/mol. The Labute approximate surface area is 461 Å². The van der Waals surface area contributed by atoms with Gasteiger partial charge in [0.05, 0.1) is 28.7 Å². The predicted octanol–water partition coefficient (Wildman–Crippen LogP) is 17.2. The minimum Gasteiger partial charge on any atom is -0.381 e. The van der Waals surface area contributed by atoms with Gasteiger partial charge in [0.2, 0.25) is 5.91 Å². The van der Waals surface area contributed by atoms with Crippen molar-refractivity contribution in [1.29, 1.82) is 0 Å². The van der Waals surface area contributed by atoms with Gasteiger partial charge in [-0.1, -0.05) is 188 Å². The van der Waals surface area contributed by atoms with Crippen LogP contribution in [0.2, 0.25) is 0 Å². The lowest BCUT2D eigenvalue weighted by Gasteiger charge is -2.32. The highest BCUT2D eigenvalue weighted by molar-refractivity contribution is 7.80. The Bertz CT molecular complexity index is 2390. The largest absolute Gasteiger partial charge is 0.381 e. The second-order valence-corrected chi connectivity index (χ2v) is 20.3. The highest BCUT2D eigenvalue weighted by Crippen LogP contribution is 2.31. The molecule has 0 aliphatic carbocycles. The number of nitrogens with zero attached hydrogens (tertiary/aromatic N) is 3. The van der Waals surface area contributed by atoms with Crippen LogP contribution in [-0.2, 0) is 27.1 Å². The summed E-state index contributed by atoms with van der Waals surface area (Å²) in [5.74, 6) is 0.321. The molecule has 2 saturated heterocycles. The third kappa shape index (κ3) is 22.4. The molecule has 408 valence electrons. The number of anilines is 1. The number of ether oxygens (including phenoxy) is 2. The monoisotopic (exact) mass is 1040 g/mol. The van der Waals surface area contributed by atoms with Crippen molar-refractivity contribution < 1.29 is 14.3 Å². The van der Waals surface area contributed by atoms with E-state index in [1.54, 1.807) is 0 Å². The molecule has 2 heterocycles. The minimum absolute atomic E-state index is 0.105. The molecule has 2 unspecified atom stereocenters. The number of rotatable bonds is 19. The molecule has 0 bridgehead atoms. The summed E-state index contributed by atoms with van der Waals surface area (Å²) in [6.07, 6.45) is 10.9. The molecule has 1 N–H and O–H groups in total. The van der Waals surface area contributed by atoms with Crippen LogP contribution in [0.4, 0.5) is 11.4 Å². The van der Waals surface area contributed by atoms with Gasteiger partial charge in [-0.05, 0) is 144 Å². The first-order valence-electron chi connectivity index (χ1n) is 28.3. The van der Waals surface area contributed by atoms with Crippen LogP contribution in [0.1, 0.15) is 164 Å². The zero-order valence-electron chi connectivity index (χ0n) is 48.4. The van der Waals surface area contributed by atoms with Gasteiger partial charge in [-0.2, -0.15) is 0 Å². The van der Waals surface area contributed by atoms with E-state index in [4.69, 9.17) is 26.7 Å². The van der Waals surface area contributed by atoms with Gasteiger partial charge in [-0.25, -0.2) is 0 Å². The summed E-state index contributed by atoms with van der Waals surface area (Å²) in [7, 11) is 0. The van der Waals surface area contributed by atoms with Gasteiger partial charge >= 0.3 is 0 Å². The molecule has 4 atom stereocenters. The fraction of sp³-hybridized carbons (Fsp3) is 0.478. The quantitative estimate of drug-likeness (QED) is 0.0505. The first-order chi connectivity index (χ1) is 36.2. The van der Waals surface area contributed by atoms with Crippen LogP contribution in [0.3, 0.4) is 0 Å². The highest BCUT2D eigenvalue weighted by Gasteiger charge is 2.34. The second kappa shape index (κ2) is 36.6. The summed E-state index contributed by atoms with van der Waals surface area (Å²) in [6.45, 7) is 35.3. The Kier molecular flexibility index (Phi) is 31.1. The van der Waals surface area contributed by atoms with Crippen LogP contribution < -0.4 is 5.32 Å². The van der Waals surface area contributed by atoms with Gasteiger partial charge in [0.25, 0.3) is 0 Å². The molecule has 75 heavy (non-hydrogen) atoms. The lowest BCUT2D eigenvalue weighted by Crippen LogP contribution is -2.41. The first kappa shape index (κ1) is 63.9. The van der Waals surface area contributed by atoms with E-state index in [-0.39, 0.29) is 29.8 Å². The lowest BCUT2D eigenvalue weighted by molar-refractivity contribution is -0.132. The molecule has 0 aromatic heterocycles. The fourth-order valence-electron chi connectivity index (χ4n) is 9.04. The summed E-state index contributed by atoms with van der Waals surface area (Å²) in [5.41, 5.74) is 13.0. The molecule has 0 radical (unpaired) electrons. The lowest BCUT2D eigenvalue weighted by atomic mass is 9.99. The number of thiocarbonyl (C=S) groups is 1. The van der Waals surface area contributed by atoms with Crippen LogP contribution in [-0.4, -0.2) is 78.0 Å². The van der Waals surface area contributed by atoms with Gasteiger partial charge < -0.3 is 24.6 Å². The Morgan fingerprint density at radius 3 is 1.57 bits per heavy atom. The van der Waals surface area contributed by atoms with E-state index < -0.39 is 0 Å². The summed E-state index contributed by atoms with van der Waals surface area (Å²) >= 11 is 5.90. The molecule has 7 rings (SSSR count). The Hall–Kier alpha value is -5.41. The number of benzene rings is 5. The molecule has 1 amide bonds. The zero-order valence-corrected chi connectivity index (χ0v) is 49.2. The van der Waals surface area contributed by atoms with Crippen molar-refractivity contribution in [1.82, 2.24) is 9.80 Å². The maximum absolute atomic E-state index is 13.2. The molecule has 2 fully saturated rings. The third-order valence-electron chi connectivity index (χ3n) is 13.6. The maximum atomic E-state index is 13.2. The maximum Gasteiger partial charge on any atom is 0.230 e. The average Bonchev–Trinajstić information content (AvgIpc) is 4.15. The highest BCUT2D eigenvalue weighted by atomic mass is 32.1. The summed E-state index contributed by atoms with van der Waals surface area (Å²) in [5, 5.41) is 3.57. The van der Waals surface area contributed by atoms with E-state index in [9.17, 15) is 4.79 Å². The van der Waals surface area contributed by atoms with Gasteiger partial charge in [0, 0.05) is 62.5 Å². The number of hydrogen-bond donors (Lipinski definition) is 1. The zero-order chi connectivity index (χ0) is 55.0. The van der Waals surface area contributed by atoms with E-state index in [0.29, 0.717) is 0 Å². The topological polar surface area (TPSA) is 66.4 Å². The Morgan fingerprint density at radius 2 is 1.09 bits per heavy atom. The number of hydrogen-bond acceptors (Lipinski definition) is 6. The van der Waals surface area contributed by atoms with Crippen LogP contribution >= 0.6 is 12.2 Å². The molecule has 5 aromatic rings. The first-order valence-corrected chi connectivity index (χ1v) is 28.7. The number of aryl methyl sites for hydroxylation is 5. The number of carbonyl (C=O) groups excluding carboxylic acids is 1. The van der Waals surface area contributed by atoms with Crippen LogP contribution in [0.15, 0.2) is 145 Å². The van der Waals surface area contributed by atoms with Gasteiger partial charge in [-0.3, -0.25) is 9.79 Å². The summed E-state index contributed by atoms with van der Waals surface area (Å²) in [4.78, 5) is 23.5. The Morgan fingerprint density at radius 1 is 0.627 bits per heavy atom. The van der Waals surface area contributed by atoms with Crippen LogP contribution in [0, 0.1) is 20.8 Å². The van der Waals surface area contributed by atoms with Crippen molar-refractivity contribution in [3.8, 4) is 0 Å². The van der Waals surface area contributed by atoms with Crippen molar-refractivity contribution in [3.05, 3.63) is 179 Å². The van der Waals surface area contributed by atoms with Gasteiger partial charge in [0.1, 0.15) is 0 Å². The van der Waals surface area contributed by atoms with E-state index >= 15 is 0 Å². The Balaban J connectivity index is 0.000000286. The third-order valence-corrected chi connectivity index (χ3v) is 14.2. The summed E-state index contributed by atoms with van der Waals surface area (Å²) < 4.78 is 10.3. The molecule has 2 aliphatic rings. The fourth-order valence-corrected chi connectivity index (χ4v) is 9.40. The molecule has 5 aromatic carbocycles. The standard InChI is InChI=1S/C24H30N2O.C24H30N2S.C7H8.2C6H14O/c1-5-20-14-13-17(2)22(16-20)25-19(4)23-12-9-15-26(23)24(27)18(3)21-10-7-6-8-11-21;1-5-20-13-14-22(17(2)16-20)25-19(4)23-12-9-15-26(23)24(27)18(3)21-10-7-6-8-11-21;1-7-5-3-2-4-6-7;2*1-3-5-7-6-4-2/h6-8,10-11,13-14,16,18,23H,5,9,12,15H2,1-4H3;6-8,10-11,13-14,16,18,23,25H,4-5,9,12,15H2,1-3H3;2-6H,1H3;2*3-6H2,1-2H3/t;18-,23+;;;/m.1.../s1. The minimum atomic E-state index is -0.121. The average molecular weight is 1040 g/mol. The molecule has 8 heteroatoms.